The highest BCUT2D eigenvalue weighted by atomic mass is 32.1. The molecule has 0 saturated heterocycles. The number of fused-ring (bicyclic) bond motifs is 1. The summed E-state index contributed by atoms with van der Waals surface area (Å²) in [6.45, 7) is 12.8. The van der Waals surface area contributed by atoms with Crippen molar-refractivity contribution in [2.45, 2.75) is 79.2 Å². The SMILES string of the molecule is CCCCN(CCCC)c1nc2c(C)c(OC(CC)CC)c(N=N)cc2s1. The Hall–Kier alpha value is -1.69. The van der Waals surface area contributed by atoms with Crippen LogP contribution >= 0.6 is 11.3 Å². The van der Waals surface area contributed by atoms with Gasteiger partial charge < -0.3 is 9.64 Å². The predicted molar refractivity (Wildman–Crippen MR) is 116 cm³/mol. The summed E-state index contributed by atoms with van der Waals surface area (Å²) in [4.78, 5) is 7.39. The quantitative estimate of drug-likeness (QED) is 0.388. The Kier molecular flexibility index (Phi) is 8.48. The van der Waals surface area contributed by atoms with Gasteiger partial charge in [-0.25, -0.2) is 10.5 Å². The van der Waals surface area contributed by atoms with Crippen molar-refractivity contribution < 1.29 is 4.74 Å². The Morgan fingerprint density at radius 2 is 1.78 bits per heavy atom. The van der Waals surface area contributed by atoms with Crippen molar-refractivity contribution in [3.63, 3.8) is 0 Å². The zero-order chi connectivity index (χ0) is 19.8. The molecule has 0 atom stereocenters. The third-order valence-electron chi connectivity index (χ3n) is 4.99. The van der Waals surface area contributed by atoms with Crippen LogP contribution in [0.1, 0.15) is 71.8 Å². The number of hydrogen-bond acceptors (Lipinski definition) is 6. The van der Waals surface area contributed by atoms with Crippen molar-refractivity contribution in [1.29, 1.82) is 5.53 Å². The molecular weight excluding hydrogens is 356 g/mol. The molecule has 0 fully saturated rings. The number of anilines is 1. The molecule has 27 heavy (non-hydrogen) atoms. The van der Waals surface area contributed by atoms with Gasteiger partial charge in [0.1, 0.15) is 5.69 Å². The maximum absolute atomic E-state index is 7.61. The highest BCUT2D eigenvalue weighted by Gasteiger charge is 2.20. The molecule has 6 heteroatoms. The van der Waals surface area contributed by atoms with E-state index in [9.17, 15) is 0 Å². The second-order valence-electron chi connectivity index (χ2n) is 7.06. The molecule has 0 radical (unpaired) electrons. The van der Waals surface area contributed by atoms with Gasteiger partial charge in [0.2, 0.25) is 0 Å². The van der Waals surface area contributed by atoms with Gasteiger partial charge in [0, 0.05) is 18.7 Å². The molecule has 2 aromatic rings. The number of ether oxygens (including phenoxy) is 1. The molecule has 1 N–H and O–H groups in total. The van der Waals surface area contributed by atoms with E-state index >= 15 is 0 Å². The Bertz CT molecular complexity index is 731. The minimum absolute atomic E-state index is 0.144. The largest absolute Gasteiger partial charge is 0.488 e. The molecule has 2 rings (SSSR count). The van der Waals surface area contributed by atoms with Crippen LogP contribution in [0, 0.1) is 12.5 Å². The van der Waals surface area contributed by atoms with Gasteiger partial charge in [-0.1, -0.05) is 51.9 Å². The van der Waals surface area contributed by atoms with E-state index in [2.05, 4.69) is 37.7 Å². The van der Waals surface area contributed by atoms with Gasteiger partial charge in [-0.3, -0.25) is 0 Å². The van der Waals surface area contributed by atoms with Gasteiger partial charge in [0.25, 0.3) is 0 Å². The lowest BCUT2D eigenvalue weighted by molar-refractivity contribution is 0.192. The van der Waals surface area contributed by atoms with Crippen molar-refractivity contribution in [2.24, 2.45) is 5.11 Å². The van der Waals surface area contributed by atoms with Gasteiger partial charge in [-0.05, 0) is 38.7 Å². The van der Waals surface area contributed by atoms with E-state index in [0.717, 1.165) is 52.6 Å². The Morgan fingerprint density at radius 1 is 1.15 bits per heavy atom. The summed E-state index contributed by atoms with van der Waals surface area (Å²) in [6, 6.07) is 1.96. The molecule has 0 spiro atoms. The van der Waals surface area contributed by atoms with Crippen molar-refractivity contribution in [1.82, 2.24) is 4.98 Å². The average molecular weight is 391 g/mol. The summed E-state index contributed by atoms with van der Waals surface area (Å²) in [7, 11) is 0. The van der Waals surface area contributed by atoms with Gasteiger partial charge in [-0.2, -0.15) is 5.11 Å². The number of aryl methyl sites for hydroxylation is 1. The minimum Gasteiger partial charge on any atom is -0.488 e. The van der Waals surface area contributed by atoms with E-state index < -0.39 is 0 Å². The predicted octanol–water partition coefficient (Wildman–Crippen LogP) is 7.24. The van der Waals surface area contributed by atoms with E-state index in [1.165, 1.54) is 25.7 Å². The van der Waals surface area contributed by atoms with Crippen LogP contribution < -0.4 is 9.64 Å². The van der Waals surface area contributed by atoms with Gasteiger partial charge in [0.15, 0.2) is 10.9 Å². The van der Waals surface area contributed by atoms with E-state index in [0.29, 0.717) is 5.69 Å². The smallest absolute Gasteiger partial charge is 0.186 e. The highest BCUT2D eigenvalue weighted by molar-refractivity contribution is 7.22. The first-order chi connectivity index (χ1) is 13.1. The van der Waals surface area contributed by atoms with Crippen molar-refractivity contribution in [2.75, 3.05) is 18.0 Å². The highest BCUT2D eigenvalue weighted by Crippen LogP contribution is 2.42. The zero-order valence-electron chi connectivity index (χ0n) is 17.5. The van der Waals surface area contributed by atoms with Gasteiger partial charge >= 0.3 is 0 Å². The molecule has 1 aromatic heterocycles. The number of thiazole rings is 1. The summed E-state index contributed by atoms with van der Waals surface area (Å²) in [5.41, 5.74) is 10.2. The first-order valence-corrected chi connectivity index (χ1v) is 11.1. The normalized spacial score (nSPS) is 11.3. The topological polar surface area (TPSA) is 61.6 Å². The van der Waals surface area contributed by atoms with E-state index in [-0.39, 0.29) is 6.10 Å². The van der Waals surface area contributed by atoms with Crippen LogP contribution in [0.15, 0.2) is 11.2 Å². The monoisotopic (exact) mass is 390 g/mol. The molecule has 0 saturated carbocycles. The lowest BCUT2D eigenvalue weighted by Gasteiger charge is -2.21. The molecule has 0 amide bonds. The van der Waals surface area contributed by atoms with E-state index in [1.807, 2.05) is 13.0 Å². The lowest BCUT2D eigenvalue weighted by Crippen LogP contribution is -2.25. The van der Waals surface area contributed by atoms with Crippen LogP contribution in [0.25, 0.3) is 10.2 Å². The number of benzene rings is 1. The van der Waals surface area contributed by atoms with Crippen molar-refractivity contribution >= 4 is 32.4 Å². The molecule has 0 aliphatic rings. The second kappa shape index (κ2) is 10.6. The molecule has 0 unspecified atom stereocenters. The number of aromatic nitrogens is 1. The average Bonchev–Trinajstić information content (AvgIpc) is 3.11. The first kappa shape index (κ1) is 21.6. The molecule has 0 aliphatic heterocycles. The number of unbranched alkanes of at least 4 members (excludes halogenated alkanes) is 2. The number of nitrogens with zero attached hydrogens (tertiary/aromatic N) is 3. The Morgan fingerprint density at radius 3 is 2.30 bits per heavy atom. The first-order valence-electron chi connectivity index (χ1n) is 10.3. The molecule has 0 bridgehead atoms. The Labute approximate surface area is 167 Å². The number of nitrogens with one attached hydrogen (secondary N) is 1. The van der Waals surface area contributed by atoms with Crippen molar-refractivity contribution in [3.05, 3.63) is 11.6 Å². The number of hydrogen-bond donors (Lipinski definition) is 1. The molecule has 0 aliphatic carbocycles. The Balaban J connectivity index is 2.44. The van der Waals surface area contributed by atoms with Gasteiger partial charge in [-0.15, -0.1) is 0 Å². The molecular formula is C21H34N4OS. The fourth-order valence-corrected chi connectivity index (χ4v) is 4.28. The zero-order valence-corrected chi connectivity index (χ0v) is 18.3. The summed E-state index contributed by atoms with van der Waals surface area (Å²) >= 11 is 1.70. The van der Waals surface area contributed by atoms with Crippen molar-refractivity contribution in [3.8, 4) is 5.75 Å². The maximum Gasteiger partial charge on any atom is 0.186 e. The van der Waals surface area contributed by atoms with Crippen LogP contribution in [0.5, 0.6) is 5.75 Å². The van der Waals surface area contributed by atoms with E-state index in [4.69, 9.17) is 15.3 Å². The number of rotatable bonds is 12. The molecule has 5 nitrogen and oxygen atoms in total. The molecule has 1 heterocycles. The van der Waals surface area contributed by atoms with Gasteiger partial charge in [0.05, 0.1) is 16.3 Å². The standard InChI is InChI=1S/C21H34N4OS/c1-6-10-12-25(13-11-7-2)21-23-19-15(5)20(26-16(8-3)9-4)17(24-22)14-18(19)27-21/h14,16,22H,6-13H2,1-5H3. The summed E-state index contributed by atoms with van der Waals surface area (Å²) in [5, 5.41) is 4.82. The summed E-state index contributed by atoms with van der Waals surface area (Å²) < 4.78 is 7.30. The fraction of sp³-hybridized carbons (Fsp3) is 0.667. The van der Waals surface area contributed by atoms with Crippen LogP contribution in [-0.4, -0.2) is 24.2 Å². The van der Waals surface area contributed by atoms with Crippen LogP contribution in [0.2, 0.25) is 0 Å². The fourth-order valence-electron chi connectivity index (χ4n) is 3.17. The van der Waals surface area contributed by atoms with E-state index in [1.54, 1.807) is 11.3 Å². The molecule has 1 aromatic carbocycles. The van der Waals surface area contributed by atoms with Crippen LogP contribution in [0.4, 0.5) is 10.8 Å². The maximum atomic E-state index is 7.61. The van der Waals surface area contributed by atoms with Crippen LogP contribution in [0.3, 0.4) is 0 Å². The molecule has 150 valence electrons. The lowest BCUT2D eigenvalue weighted by atomic mass is 10.1. The third-order valence-corrected chi connectivity index (χ3v) is 6.05. The summed E-state index contributed by atoms with van der Waals surface area (Å²) in [5.74, 6) is 0.719. The second-order valence-corrected chi connectivity index (χ2v) is 8.06. The third kappa shape index (κ3) is 5.18. The summed E-state index contributed by atoms with van der Waals surface area (Å²) in [6.07, 6.45) is 6.74. The minimum atomic E-state index is 0.144. The van der Waals surface area contributed by atoms with Crippen LogP contribution in [-0.2, 0) is 0 Å².